The first-order valence-electron chi connectivity index (χ1n) is 8.79. The van der Waals surface area contributed by atoms with Crippen LogP contribution in [-0.4, -0.2) is 43.1 Å². The van der Waals surface area contributed by atoms with Gasteiger partial charge in [-0.3, -0.25) is 4.79 Å². The second-order valence-corrected chi connectivity index (χ2v) is 6.64. The minimum atomic E-state index is -0.549. The molecule has 4 nitrogen and oxygen atoms in total. The van der Waals surface area contributed by atoms with Crippen LogP contribution in [0.1, 0.15) is 13.3 Å². The van der Waals surface area contributed by atoms with Gasteiger partial charge in [-0.25, -0.2) is 4.39 Å². The van der Waals surface area contributed by atoms with Gasteiger partial charge in [-0.1, -0.05) is 30.7 Å². The van der Waals surface area contributed by atoms with Gasteiger partial charge in [0.1, 0.15) is 11.6 Å². The fourth-order valence-electron chi connectivity index (χ4n) is 3.04. The Morgan fingerprint density at radius 3 is 2.38 bits per heavy atom. The molecule has 0 unspecified atom stereocenters. The molecule has 26 heavy (non-hydrogen) atoms. The Kier molecular flexibility index (Phi) is 5.99. The number of benzene rings is 2. The number of piperazine rings is 1. The molecule has 1 amide bonds. The molecule has 0 N–H and O–H groups in total. The third-order valence-electron chi connectivity index (χ3n) is 4.54. The first-order chi connectivity index (χ1) is 12.6. The molecule has 0 aliphatic carbocycles. The van der Waals surface area contributed by atoms with Crippen LogP contribution in [-0.2, 0) is 4.79 Å². The highest BCUT2D eigenvalue weighted by Gasteiger charge is 2.28. The van der Waals surface area contributed by atoms with Gasteiger partial charge in [0.25, 0.3) is 5.91 Å². The van der Waals surface area contributed by atoms with E-state index in [2.05, 4.69) is 4.90 Å². The molecule has 3 rings (SSSR count). The van der Waals surface area contributed by atoms with Crippen molar-refractivity contribution in [3.63, 3.8) is 0 Å². The summed E-state index contributed by atoms with van der Waals surface area (Å²) in [5.41, 5.74) is 0.970. The number of halogens is 2. The van der Waals surface area contributed by atoms with E-state index in [1.807, 2.05) is 24.0 Å². The Morgan fingerprint density at radius 1 is 1.12 bits per heavy atom. The molecule has 1 aliphatic heterocycles. The molecular weight excluding hydrogens is 355 g/mol. The highest BCUT2D eigenvalue weighted by atomic mass is 35.5. The Morgan fingerprint density at radius 2 is 1.77 bits per heavy atom. The molecule has 2 aromatic carbocycles. The van der Waals surface area contributed by atoms with Gasteiger partial charge in [-0.15, -0.1) is 0 Å². The smallest absolute Gasteiger partial charge is 0.263 e. The van der Waals surface area contributed by atoms with Crippen LogP contribution in [0.5, 0.6) is 5.75 Å². The molecule has 0 saturated carbocycles. The lowest BCUT2D eigenvalue weighted by Gasteiger charge is -2.37. The quantitative estimate of drug-likeness (QED) is 0.791. The van der Waals surface area contributed by atoms with Crippen molar-refractivity contribution >= 4 is 23.2 Å². The first-order valence-corrected chi connectivity index (χ1v) is 9.16. The van der Waals surface area contributed by atoms with Crippen molar-refractivity contribution in [2.75, 3.05) is 31.1 Å². The van der Waals surface area contributed by atoms with E-state index in [4.69, 9.17) is 16.3 Å². The molecule has 2 aromatic rings. The zero-order chi connectivity index (χ0) is 18.5. The summed E-state index contributed by atoms with van der Waals surface area (Å²) in [6.07, 6.45) is 0.0228. The first kappa shape index (κ1) is 18.5. The second kappa shape index (κ2) is 8.41. The maximum Gasteiger partial charge on any atom is 0.263 e. The molecule has 0 bridgehead atoms. The summed E-state index contributed by atoms with van der Waals surface area (Å²) in [6.45, 7) is 4.56. The topological polar surface area (TPSA) is 32.8 Å². The monoisotopic (exact) mass is 376 g/mol. The second-order valence-electron chi connectivity index (χ2n) is 6.23. The number of hydrogen-bond acceptors (Lipinski definition) is 3. The van der Waals surface area contributed by atoms with Crippen LogP contribution in [0.3, 0.4) is 0 Å². The normalized spacial score (nSPS) is 15.7. The van der Waals surface area contributed by atoms with E-state index in [-0.39, 0.29) is 11.7 Å². The van der Waals surface area contributed by atoms with Crippen molar-refractivity contribution in [2.24, 2.45) is 0 Å². The van der Waals surface area contributed by atoms with Crippen LogP contribution < -0.4 is 9.64 Å². The van der Waals surface area contributed by atoms with Crippen molar-refractivity contribution in [2.45, 2.75) is 19.4 Å². The van der Waals surface area contributed by atoms with Gasteiger partial charge in [0.05, 0.1) is 5.02 Å². The third-order valence-corrected chi connectivity index (χ3v) is 4.85. The molecule has 1 fully saturated rings. The van der Waals surface area contributed by atoms with E-state index >= 15 is 0 Å². The van der Waals surface area contributed by atoms with Crippen molar-refractivity contribution in [3.8, 4) is 5.75 Å². The predicted octanol–water partition coefficient (Wildman–Crippen LogP) is 3.99. The summed E-state index contributed by atoms with van der Waals surface area (Å²) in [7, 11) is 0. The number of para-hydroxylation sites is 1. The average Bonchev–Trinajstić information content (AvgIpc) is 2.68. The standard InChI is InChI=1S/C20H22ClFN2O2/c1-2-18(26-19-6-4-3-5-17(19)21)20(25)24-13-11-23(12-14-24)16-9-7-15(22)8-10-16/h3-10,18H,2,11-14H2,1H3/t18-/m1/s1. The zero-order valence-corrected chi connectivity index (χ0v) is 15.5. The largest absolute Gasteiger partial charge is 0.479 e. The number of ether oxygens (including phenoxy) is 1. The average molecular weight is 377 g/mol. The number of nitrogens with zero attached hydrogens (tertiary/aromatic N) is 2. The van der Waals surface area contributed by atoms with Crippen LogP contribution in [0.25, 0.3) is 0 Å². The Labute approximate surface area is 158 Å². The lowest BCUT2D eigenvalue weighted by molar-refractivity contribution is -0.139. The van der Waals surface area contributed by atoms with Crippen molar-refractivity contribution in [1.29, 1.82) is 0 Å². The van der Waals surface area contributed by atoms with Crippen molar-refractivity contribution in [3.05, 3.63) is 59.4 Å². The van der Waals surface area contributed by atoms with Crippen LogP contribution in [0.15, 0.2) is 48.5 Å². The van der Waals surface area contributed by atoms with Crippen molar-refractivity contribution < 1.29 is 13.9 Å². The zero-order valence-electron chi connectivity index (χ0n) is 14.7. The Bertz CT molecular complexity index is 746. The number of rotatable bonds is 5. The highest BCUT2D eigenvalue weighted by Crippen LogP contribution is 2.25. The maximum absolute atomic E-state index is 13.1. The molecule has 0 radical (unpaired) electrons. The van der Waals surface area contributed by atoms with Crippen molar-refractivity contribution in [1.82, 2.24) is 4.90 Å². The van der Waals surface area contributed by atoms with E-state index in [9.17, 15) is 9.18 Å². The fraction of sp³-hybridized carbons (Fsp3) is 0.350. The Hall–Kier alpha value is -2.27. The third kappa shape index (κ3) is 4.28. The molecule has 138 valence electrons. The molecule has 1 heterocycles. The van der Waals surface area contributed by atoms with Gasteiger partial charge in [-0.2, -0.15) is 0 Å². The number of hydrogen-bond donors (Lipinski definition) is 0. The molecule has 1 saturated heterocycles. The minimum Gasteiger partial charge on any atom is -0.479 e. The van der Waals surface area contributed by atoms with Crippen LogP contribution >= 0.6 is 11.6 Å². The number of amides is 1. The number of anilines is 1. The van der Waals surface area contributed by atoms with Crippen LogP contribution in [0.2, 0.25) is 5.02 Å². The van der Waals surface area contributed by atoms with E-state index < -0.39 is 6.10 Å². The molecule has 0 aromatic heterocycles. The molecule has 6 heteroatoms. The lowest BCUT2D eigenvalue weighted by atomic mass is 10.2. The van der Waals surface area contributed by atoms with E-state index in [0.29, 0.717) is 43.4 Å². The van der Waals surface area contributed by atoms with E-state index in [1.165, 1.54) is 12.1 Å². The molecule has 1 aliphatic rings. The summed E-state index contributed by atoms with van der Waals surface area (Å²) in [5.74, 6) is 0.260. The number of carbonyl (C=O) groups is 1. The molecule has 0 spiro atoms. The van der Waals surface area contributed by atoms with Gasteiger partial charge in [0, 0.05) is 31.9 Å². The Balaban J connectivity index is 1.59. The highest BCUT2D eigenvalue weighted by molar-refractivity contribution is 6.32. The SMILES string of the molecule is CC[C@@H](Oc1ccccc1Cl)C(=O)N1CCN(c2ccc(F)cc2)CC1. The van der Waals surface area contributed by atoms with Gasteiger partial charge in [0.2, 0.25) is 0 Å². The van der Waals surface area contributed by atoms with Gasteiger partial charge in [0.15, 0.2) is 6.10 Å². The fourth-order valence-corrected chi connectivity index (χ4v) is 3.22. The molecule has 1 atom stereocenters. The van der Waals surface area contributed by atoms with E-state index in [0.717, 1.165) is 5.69 Å². The summed E-state index contributed by atoms with van der Waals surface area (Å²) in [5, 5.41) is 0.500. The lowest BCUT2D eigenvalue weighted by Crippen LogP contribution is -2.52. The molecular formula is C20H22ClFN2O2. The predicted molar refractivity (Wildman–Crippen MR) is 101 cm³/mol. The van der Waals surface area contributed by atoms with Gasteiger partial charge < -0.3 is 14.5 Å². The van der Waals surface area contributed by atoms with Gasteiger partial charge >= 0.3 is 0 Å². The summed E-state index contributed by atoms with van der Waals surface area (Å²) in [6, 6.07) is 13.6. The van der Waals surface area contributed by atoms with Crippen LogP contribution in [0.4, 0.5) is 10.1 Å². The van der Waals surface area contributed by atoms with E-state index in [1.54, 1.807) is 24.3 Å². The van der Waals surface area contributed by atoms with Crippen LogP contribution in [0, 0.1) is 5.82 Å². The maximum atomic E-state index is 13.1. The minimum absolute atomic E-state index is 0.0221. The van der Waals surface area contributed by atoms with Gasteiger partial charge in [-0.05, 0) is 42.8 Å². The summed E-state index contributed by atoms with van der Waals surface area (Å²) in [4.78, 5) is 16.8. The summed E-state index contributed by atoms with van der Waals surface area (Å²) < 4.78 is 18.9. The number of carbonyl (C=O) groups excluding carboxylic acids is 1. The summed E-state index contributed by atoms with van der Waals surface area (Å²) >= 11 is 6.13.